The van der Waals surface area contributed by atoms with Crippen LogP contribution in [0.5, 0.6) is 5.75 Å². The van der Waals surface area contributed by atoms with Crippen LogP contribution < -0.4 is 10.1 Å². The third kappa shape index (κ3) is 4.91. The van der Waals surface area contributed by atoms with Crippen molar-refractivity contribution in [1.29, 1.82) is 0 Å². The average molecular weight is 265 g/mol. The summed E-state index contributed by atoms with van der Waals surface area (Å²) in [5.41, 5.74) is 0.453. The number of aliphatic hydroxyl groups excluding tert-OH is 1. The van der Waals surface area contributed by atoms with Crippen LogP contribution in [0.3, 0.4) is 0 Å². The Labute approximate surface area is 114 Å². The van der Waals surface area contributed by atoms with Crippen molar-refractivity contribution in [2.24, 2.45) is 0 Å². The number of hydrogen-bond acceptors (Lipinski definition) is 3. The molecule has 4 nitrogen and oxygen atoms in total. The van der Waals surface area contributed by atoms with Crippen LogP contribution in [0, 0.1) is 0 Å². The molecule has 0 aliphatic rings. The Balaban J connectivity index is 2.60. The van der Waals surface area contributed by atoms with Crippen LogP contribution in [0.4, 0.5) is 0 Å². The van der Waals surface area contributed by atoms with Crippen molar-refractivity contribution in [3.8, 4) is 5.75 Å². The Morgan fingerprint density at radius 3 is 2.63 bits per heavy atom. The van der Waals surface area contributed by atoms with Crippen LogP contribution in [0.2, 0.25) is 0 Å². The molecule has 0 radical (unpaired) electrons. The molecular formula is C15H23NO3. The fourth-order valence-electron chi connectivity index (χ4n) is 1.60. The molecule has 19 heavy (non-hydrogen) atoms. The van der Waals surface area contributed by atoms with Crippen LogP contribution in [0.25, 0.3) is 0 Å². The third-order valence-corrected chi connectivity index (χ3v) is 3.09. The second kappa shape index (κ2) is 6.57. The van der Waals surface area contributed by atoms with Gasteiger partial charge in [-0.3, -0.25) is 4.79 Å². The minimum atomic E-state index is -0.619. The highest BCUT2D eigenvalue weighted by Crippen LogP contribution is 2.24. The van der Waals surface area contributed by atoms with E-state index in [1.807, 2.05) is 32.9 Å². The molecule has 0 aromatic heterocycles. The second-order valence-electron chi connectivity index (χ2n) is 5.29. The predicted molar refractivity (Wildman–Crippen MR) is 75.1 cm³/mol. The number of carbonyl (C=O) groups excluding carboxylic acids is 1. The summed E-state index contributed by atoms with van der Waals surface area (Å²) in [7, 11) is 0. The summed E-state index contributed by atoms with van der Waals surface area (Å²) in [4.78, 5) is 11.8. The molecule has 106 valence electrons. The minimum absolute atomic E-state index is 0.0484. The number of nitrogens with one attached hydrogen (secondary N) is 1. The monoisotopic (exact) mass is 265 g/mol. The normalized spacial score (nSPS) is 12.9. The minimum Gasteiger partial charge on any atom is -0.483 e. The van der Waals surface area contributed by atoms with Gasteiger partial charge in [0.05, 0.1) is 6.10 Å². The number of amides is 1. The maximum absolute atomic E-state index is 11.8. The number of benzene rings is 1. The molecule has 0 aliphatic heterocycles. The molecule has 0 aliphatic carbocycles. The first kappa shape index (κ1) is 15.5. The maximum atomic E-state index is 11.8. The molecule has 4 heteroatoms. The summed E-state index contributed by atoms with van der Waals surface area (Å²) in [5.74, 6) is 0.384. The topological polar surface area (TPSA) is 58.6 Å². The van der Waals surface area contributed by atoms with E-state index in [1.54, 1.807) is 19.1 Å². The number of ether oxygens (including phenoxy) is 1. The third-order valence-electron chi connectivity index (χ3n) is 3.09. The van der Waals surface area contributed by atoms with Crippen molar-refractivity contribution in [3.63, 3.8) is 0 Å². The zero-order valence-electron chi connectivity index (χ0n) is 12.1. The lowest BCUT2D eigenvalue weighted by molar-refractivity contribution is -0.124. The summed E-state index contributed by atoms with van der Waals surface area (Å²) in [5, 5.41) is 12.5. The van der Waals surface area contributed by atoms with Crippen LogP contribution in [-0.4, -0.2) is 23.2 Å². The van der Waals surface area contributed by atoms with Gasteiger partial charge in [-0.15, -0.1) is 0 Å². The highest BCUT2D eigenvalue weighted by atomic mass is 16.5. The van der Waals surface area contributed by atoms with Gasteiger partial charge in [-0.05, 0) is 33.3 Å². The van der Waals surface area contributed by atoms with Gasteiger partial charge in [0.1, 0.15) is 5.75 Å². The lowest BCUT2D eigenvalue weighted by Crippen LogP contribution is -2.44. The first-order valence-corrected chi connectivity index (χ1v) is 6.56. The highest BCUT2D eigenvalue weighted by molar-refractivity contribution is 5.78. The molecule has 1 atom stereocenters. The molecule has 1 amide bonds. The van der Waals surface area contributed by atoms with E-state index in [1.165, 1.54) is 0 Å². The quantitative estimate of drug-likeness (QED) is 0.830. The molecule has 0 spiro atoms. The molecule has 1 aromatic rings. The molecule has 0 saturated carbocycles. The van der Waals surface area contributed by atoms with Gasteiger partial charge >= 0.3 is 0 Å². The fourth-order valence-corrected chi connectivity index (χ4v) is 1.60. The molecule has 0 saturated heterocycles. The van der Waals surface area contributed by atoms with Gasteiger partial charge in [-0.2, -0.15) is 0 Å². The summed E-state index contributed by atoms with van der Waals surface area (Å²) in [6, 6.07) is 7.18. The van der Waals surface area contributed by atoms with E-state index in [2.05, 4.69) is 5.32 Å². The van der Waals surface area contributed by atoms with Gasteiger partial charge in [0, 0.05) is 11.1 Å². The molecule has 0 fully saturated rings. The highest BCUT2D eigenvalue weighted by Gasteiger charge is 2.18. The summed E-state index contributed by atoms with van der Waals surface area (Å²) < 4.78 is 5.48. The SMILES string of the molecule is CCC(C)(C)NC(=O)COc1ccccc1[C@@H](C)O. The smallest absolute Gasteiger partial charge is 0.258 e. The van der Waals surface area contributed by atoms with E-state index < -0.39 is 6.10 Å². The zero-order valence-corrected chi connectivity index (χ0v) is 12.1. The van der Waals surface area contributed by atoms with E-state index in [4.69, 9.17) is 4.74 Å². The van der Waals surface area contributed by atoms with Crippen molar-refractivity contribution >= 4 is 5.91 Å². The van der Waals surface area contributed by atoms with Gasteiger partial charge < -0.3 is 15.2 Å². The van der Waals surface area contributed by atoms with Crippen LogP contribution in [0.1, 0.15) is 45.8 Å². The molecule has 1 rings (SSSR count). The summed E-state index contributed by atoms with van der Waals surface area (Å²) >= 11 is 0. The molecular weight excluding hydrogens is 242 g/mol. The van der Waals surface area contributed by atoms with Crippen LogP contribution in [0.15, 0.2) is 24.3 Å². The number of aliphatic hydroxyl groups is 1. The van der Waals surface area contributed by atoms with Crippen molar-refractivity contribution in [2.75, 3.05) is 6.61 Å². The molecule has 2 N–H and O–H groups in total. The van der Waals surface area contributed by atoms with E-state index in [9.17, 15) is 9.90 Å². The van der Waals surface area contributed by atoms with E-state index in [0.29, 0.717) is 11.3 Å². The zero-order chi connectivity index (χ0) is 14.5. The molecule has 0 unspecified atom stereocenters. The van der Waals surface area contributed by atoms with Gasteiger partial charge in [-0.25, -0.2) is 0 Å². The van der Waals surface area contributed by atoms with Crippen LogP contribution in [-0.2, 0) is 4.79 Å². The van der Waals surface area contributed by atoms with Crippen molar-refractivity contribution in [2.45, 2.75) is 45.8 Å². The summed E-state index contributed by atoms with van der Waals surface area (Å²) in [6.07, 6.45) is 0.231. The van der Waals surface area contributed by atoms with Crippen molar-refractivity contribution < 1.29 is 14.6 Å². The fraction of sp³-hybridized carbons (Fsp3) is 0.533. The van der Waals surface area contributed by atoms with Crippen molar-refractivity contribution in [3.05, 3.63) is 29.8 Å². The number of para-hydroxylation sites is 1. The first-order valence-electron chi connectivity index (χ1n) is 6.56. The maximum Gasteiger partial charge on any atom is 0.258 e. The number of hydrogen-bond donors (Lipinski definition) is 2. The Kier molecular flexibility index (Phi) is 5.36. The van der Waals surface area contributed by atoms with Gasteiger partial charge in [0.25, 0.3) is 5.91 Å². The second-order valence-corrected chi connectivity index (χ2v) is 5.29. The van der Waals surface area contributed by atoms with E-state index in [0.717, 1.165) is 6.42 Å². The standard InChI is InChI=1S/C15H23NO3/c1-5-15(3,4)16-14(18)10-19-13-9-7-6-8-12(13)11(2)17/h6-9,11,17H,5,10H2,1-4H3,(H,16,18)/t11-/m1/s1. The predicted octanol–water partition coefficient (Wildman–Crippen LogP) is 2.42. The van der Waals surface area contributed by atoms with Gasteiger partial charge in [0.15, 0.2) is 6.61 Å². The van der Waals surface area contributed by atoms with Gasteiger partial charge in [0.2, 0.25) is 0 Å². The molecule has 0 bridgehead atoms. The Hall–Kier alpha value is -1.55. The number of rotatable bonds is 6. The average Bonchev–Trinajstić information content (AvgIpc) is 2.36. The Morgan fingerprint density at radius 2 is 2.05 bits per heavy atom. The van der Waals surface area contributed by atoms with Gasteiger partial charge in [-0.1, -0.05) is 25.1 Å². The molecule has 0 heterocycles. The van der Waals surface area contributed by atoms with E-state index in [-0.39, 0.29) is 18.1 Å². The first-order chi connectivity index (χ1) is 8.85. The Bertz CT molecular complexity index is 427. The largest absolute Gasteiger partial charge is 0.483 e. The lowest BCUT2D eigenvalue weighted by atomic mass is 10.0. The Morgan fingerprint density at radius 1 is 1.42 bits per heavy atom. The lowest BCUT2D eigenvalue weighted by Gasteiger charge is -2.24. The van der Waals surface area contributed by atoms with E-state index >= 15 is 0 Å². The van der Waals surface area contributed by atoms with Crippen LogP contribution >= 0.6 is 0 Å². The van der Waals surface area contributed by atoms with Crippen molar-refractivity contribution in [1.82, 2.24) is 5.32 Å². The summed E-state index contributed by atoms with van der Waals surface area (Å²) in [6.45, 7) is 7.57. The molecule has 1 aromatic carbocycles. The number of carbonyl (C=O) groups is 1.